The van der Waals surface area contributed by atoms with Gasteiger partial charge in [-0.2, -0.15) is 0 Å². The van der Waals surface area contributed by atoms with Crippen molar-refractivity contribution >= 4 is 18.3 Å². The van der Waals surface area contributed by atoms with Crippen molar-refractivity contribution in [2.24, 2.45) is 11.7 Å². The van der Waals surface area contributed by atoms with Gasteiger partial charge in [-0.25, -0.2) is 8.78 Å². The second-order valence-corrected chi connectivity index (χ2v) is 4.77. The Balaban J connectivity index is 0.00000180. The summed E-state index contributed by atoms with van der Waals surface area (Å²) >= 11 is 0. The van der Waals surface area contributed by atoms with Crippen LogP contribution in [0.15, 0.2) is 18.2 Å². The Bertz CT molecular complexity index is 470. The zero-order valence-corrected chi connectivity index (χ0v) is 11.4. The molecule has 2 unspecified atom stereocenters. The molecule has 1 heterocycles. The van der Waals surface area contributed by atoms with Crippen molar-refractivity contribution in [3.05, 3.63) is 35.4 Å². The zero-order valence-electron chi connectivity index (χ0n) is 10.6. The highest BCUT2D eigenvalue weighted by Crippen LogP contribution is 2.24. The summed E-state index contributed by atoms with van der Waals surface area (Å²) in [7, 11) is 0. The van der Waals surface area contributed by atoms with Gasteiger partial charge in [0.05, 0.1) is 0 Å². The van der Waals surface area contributed by atoms with Crippen LogP contribution in [-0.2, 0) is 0 Å². The number of nitrogens with zero attached hydrogens (tertiary/aromatic N) is 1. The summed E-state index contributed by atoms with van der Waals surface area (Å²) < 4.78 is 25.9. The van der Waals surface area contributed by atoms with Crippen LogP contribution in [0, 0.1) is 17.6 Å². The van der Waals surface area contributed by atoms with Gasteiger partial charge in [-0.3, -0.25) is 4.79 Å². The topological polar surface area (TPSA) is 46.3 Å². The van der Waals surface area contributed by atoms with Gasteiger partial charge < -0.3 is 10.6 Å². The molecule has 1 saturated heterocycles. The Kier molecular flexibility index (Phi) is 5.26. The van der Waals surface area contributed by atoms with Crippen LogP contribution in [0.2, 0.25) is 0 Å². The summed E-state index contributed by atoms with van der Waals surface area (Å²) in [5.41, 5.74) is 5.77. The van der Waals surface area contributed by atoms with Crippen LogP contribution < -0.4 is 5.73 Å². The molecule has 2 rings (SSSR count). The molecule has 2 N–H and O–H groups in total. The number of hydrogen-bond donors (Lipinski definition) is 1. The van der Waals surface area contributed by atoms with Gasteiger partial charge in [0.1, 0.15) is 0 Å². The van der Waals surface area contributed by atoms with Crippen molar-refractivity contribution in [2.45, 2.75) is 19.4 Å². The lowest BCUT2D eigenvalue weighted by atomic mass is 10.1. The normalized spacial score (nSPS) is 22.2. The summed E-state index contributed by atoms with van der Waals surface area (Å²) in [5, 5.41) is 0. The Morgan fingerprint density at radius 2 is 2.11 bits per heavy atom. The first kappa shape index (κ1) is 15.9. The molecular weight excluding hydrogens is 274 g/mol. The summed E-state index contributed by atoms with van der Waals surface area (Å²) in [5.74, 6) is -1.92. The molecule has 106 valence electrons. The van der Waals surface area contributed by atoms with E-state index < -0.39 is 11.6 Å². The molecule has 0 spiro atoms. The SMILES string of the molecule is CC1CC(CN)CN1C(=O)c1ccc(F)c(F)c1.Cl. The third kappa shape index (κ3) is 3.22. The average molecular weight is 291 g/mol. The number of amides is 1. The number of likely N-dealkylation sites (tertiary alicyclic amines) is 1. The first-order valence-corrected chi connectivity index (χ1v) is 5.99. The molecule has 0 aromatic heterocycles. The lowest BCUT2D eigenvalue weighted by molar-refractivity contribution is 0.0743. The maximum absolute atomic E-state index is 13.1. The van der Waals surface area contributed by atoms with Crippen LogP contribution >= 0.6 is 12.4 Å². The minimum absolute atomic E-state index is 0. The van der Waals surface area contributed by atoms with Gasteiger partial charge in [0, 0.05) is 18.2 Å². The second kappa shape index (κ2) is 6.30. The fraction of sp³-hybridized carbons (Fsp3) is 0.462. The number of rotatable bonds is 2. The van der Waals surface area contributed by atoms with E-state index in [0.717, 1.165) is 18.6 Å². The van der Waals surface area contributed by atoms with E-state index in [4.69, 9.17) is 5.73 Å². The van der Waals surface area contributed by atoms with Crippen molar-refractivity contribution in [2.75, 3.05) is 13.1 Å². The van der Waals surface area contributed by atoms with Gasteiger partial charge in [0.15, 0.2) is 11.6 Å². The molecule has 1 fully saturated rings. The van der Waals surface area contributed by atoms with Gasteiger partial charge in [-0.05, 0) is 44.0 Å². The van der Waals surface area contributed by atoms with Crippen LogP contribution in [0.4, 0.5) is 8.78 Å². The molecule has 1 aromatic rings. The Hall–Kier alpha value is -1.20. The number of carbonyl (C=O) groups excluding carboxylic acids is 1. The molecule has 3 nitrogen and oxygen atoms in total. The average Bonchev–Trinajstić information content (AvgIpc) is 2.73. The second-order valence-electron chi connectivity index (χ2n) is 4.77. The number of hydrogen-bond acceptors (Lipinski definition) is 2. The number of halogens is 3. The van der Waals surface area contributed by atoms with Crippen molar-refractivity contribution in [3.8, 4) is 0 Å². The predicted octanol–water partition coefficient (Wildman–Crippen LogP) is 2.20. The van der Waals surface area contributed by atoms with Gasteiger partial charge in [-0.15, -0.1) is 12.4 Å². The fourth-order valence-electron chi connectivity index (χ4n) is 2.39. The highest BCUT2D eigenvalue weighted by atomic mass is 35.5. The van der Waals surface area contributed by atoms with Crippen LogP contribution in [0.25, 0.3) is 0 Å². The van der Waals surface area contributed by atoms with Crippen LogP contribution in [0.3, 0.4) is 0 Å². The molecule has 19 heavy (non-hydrogen) atoms. The van der Waals surface area contributed by atoms with Gasteiger partial charge >= 0.3 is 0 Å². The first-order valence-electron chi connectivity index (χ1n) is 5.99. The molecule has 2 atom stereocenters. The van der Waals surface area contributed by atoms with Gasteiger partial charge in [-0.1, -0.05) is 0 Å². The minimum Gasteiger partial charge on any atom is -0.336 e. The molecule has 1 aromatic carbocycles. The lowest BCUT2D eigenvalue weighted by Gasteiger charge is -2.21. The smallest absolute Gasteiger partial charge is 0.254 e. The summed E-state index contributed by atoms with van der Waals surface area (Å²) in [6, 6.07) is 3.31. The van der Waals surface area contributed by atoms with Crippen LogP contribution in [0.5, 0.6) is 0 Å². The Labute approximate surface area is 117 Å². The summed E-state index contributed by atoms with van der Waals surface area (Å²) in [6.45, 7) is 3.05. The maximum Gasteiger partial charge on any atom is 0.254 e. The molecule has 1 amide bonds. The molecule has 1 aliphatic rings. The highest BCUT2D eigenvalue weighted by molar-refractivity contribution is 5.94. The minimum atomic E-state index is -0.997. The van der Waals surface area contributed by atoms with E-state index in [1.165, 1.54) is 6.07 Å². The highest BCUT2D eigenvalue weighted by Gasteiger charge is 2.32. The number of benzene rings is 1. The van der Waals surface area contributed by atoms with Crippen molar-refractivity contribution in [3.63, 3.8) is 0 Å². The third-order valence-corrected chi connectivity index (χ3v) is 3.42. The van der Waals surface area contributed by atoms with Crippen molar-refractivity contribution in [1.82, 2.24) is 4.90 Å². The molecule has 0 saturated carbocycles. The largest absolute Gasteiger partial charge is 0.336 e. The van der Waals surface area contributed by atoms with Gasteiger partial charge in [0.25, 0.3) is 5.91 Å². The predicted molar refractivity (Wildman–Crippen MR) is 71.3 cm³/mol. The van der Waals surface area contributed by atoms with E-state index in [-0.39, 0.29) is 35.8 Å². The molecular formula is C13H17ClF2N2O. The monoisotopic (exact) mass is 290 g/mol. The Morgan fingerprint density at radius 1 is 1.42 bits per heavy atom. The van der Waals surface area contributed by atoms with E-state index >= 15 is 0 Å². The van der Waals surface area contributed by atoms with Crippen LogP contribution in [0.1, 0.15) is 23.7 Å². The first-order chi connectivity index (χ1) is 8.52. The van der Waals surface area contributed by atoms with E-state index in [1.807, 2.05) is 6.92 Å². The molecule has 6 heteroatoms. The summed E-state index contributed by atoms with van der Waals surface area (Å²) in [4.78, 5) is 13.8. The standard InChI is InChI=1S/C13H16F2N2O.ClH/c1-8-4-9(6-16)7-17(8)13(18)10-2-3-11(14)12(15)5-10;/h2-3,5,8-9H,4,6-7,16H2,1H3;1H. The van der Waals surface area contributed by atoms with E-state index in [2.05, 4.69) is 0 Å². The summed E-state index contributed by atoms with van der Waals surface area (Å²) in [6.07, 6.45) is 0.853. The van der Waals surface area contributed by atoms with Crippen LogP contribution in [-0.4, -0.2) is 29.9 Å². The third-order valence-electron chi connectivity index (χ3n) is 3.42. The van der Waals surface area contributed by atoms with Gasteiger partial charge in [0.2, 0.25) is 0 Å². The number of nitrogens with two attached hydrogens (primary N) is 1. The lowest BCUT2D eigenvalue weighted by Crippen LogP contribution is -2.34. The zero-order chi connectivity index (χ0) is 13.3. The van der Waals surface area contributed by atoms with E-state index in [0.29, 0.717) is 13.1 Å². The van der Waals surface area contributed by atoms with Crippen molar-refractivity contribution in [1.29, 1.82) is 0 Å². The maximum atomic E-state index is 13.1. The molecule has 0 aliphatic carbocycles. The Morgan fingerprint density at radius 3 is 2.63 bits per heavy atom. The van der Waals surface area contributed by atoms with Crippen molar-refractivity contribution < 1.29 is 13.6 Å². The van der Waals surface area contributed by atoms with E-state index in [9.17, 15) is 13.6 Å². The quantitative estimate of drug-likeness (QED) is 0.907. The molecule has 0 radical (unpaired) electrons. The fourth-order valence-corrected chi connectivity index (χ4v) is 2.39. The number of carbonyl (C=O) groups is 1. The molecule has 0 bridgehead atoms. The molecule has 1 aliphatic heterocycles. The van der Waals surface area contributed by atoms with E-state index in [1.54, 1.807) is 4.90 Å².